The molecule has 0 saturated heterocycles. The largest absolute Gasteiger partial charge is 0.338 e. The SMILES string of the molecule is CC(C)N(C(=O)[C@H]1CCC2C3CC=C4C=C([N+](=O)[O-])CC[C@]4(C)C3CC[C@@]21C)C(C)C. The molecule has 6 atom stereocenters. The van der Waals surface area contributed by atoms with Gasteiger partial charge in [-0.1, -0.05) is 19.9 Å². The van der Waals surface area contributed by atoms with E-state index in [0.29, 0.717) is 35.8 Å². The van der Waals surface area contributed by atoms with E-state index in [1.807, 2.05) is 6.08 Å². The van der Waals surface area contributed by atoms with E-state index >= 15 is 0 Å². The van der Waals surface area contributed by atoms with Gasteiger partial charge in [0.1, 0.15) is 0 Å². The van der Waals surface area contributed by atoms with E-state index in [1.165, 1.54) is 5.57 Å². The molecule has 172 valence electrons. The predicted octanol–water partition coefficient (Wildman–Crippen LogP) is 5.98. The van der Waals surface area contributed by atoms with E-state index in [2.05, 4.69) is 52.5 Å². The first kappa shape index (κ1) is 22.5. The molecule has 2 saturated carbocycles. The van der Waals surface area contributed by atoms with Gasteiger partial charge in [-0.3, -0.25) is 14.9 Å². The second kappa shape index (κ2) is 7.74. The van der Waals surface area contributed by atoms with Crippen LogP contribution in [-0.2, 0) is 4.79 Å². The Balaban J connectivity index is 1.62. The van der Waals surface area contributed by atoms with E-state index in [9.17, 15) is 14.9 Å². The number of amides is 1. The van der Waals surface area contributed by atoms with Gasteiger partial charge in [0.2, 0.25) is 11.6 Å². The topological polar surface area (TPSA) is 63.5 Å². The van der Waals surface area contributed by atoms with Gasteiger partial charge >= 0.3 is 0 Å². The van der Waals surface area contributed by atoms with Crippen molar-refractivity contribution < 1.29 is 9.72 Å². The number of carbonyl (C=O) groups is 1. The standard InChI is InChI=1S/C26H40N2O3/c1-16(2)27(17(3)4)24(29)23-10-9-21-20-8-7-18-15-19(28(30)31)11-13-25(18,5)22(20)12-14-26(21,23)6/h7,15-17,20-23H,8-14H2,1-6H3/t20?,21?,22?,23-,25+,26+/m1/s1. The van der Waals surface area contributed by atoms with Crippen molar-refractivity contribution in [2.24, 2.45) is 34.5 Å². The number of nitrogens with zero attached hydrogens (tertiary/aromatic N) is 2. The molecule has 3 unspecified atom stereocenters. The average molecular weight is 429 g/mol. The molecule has 4 rings (SSSR count). The fourth-order valence-electron chi connectivity index (χ4n) is 8.15. The van der Waals surface area contributed by atoms with E-state index < -0.39 is 0 Å². The lowest BCUT2D eigenvalue weighted by molar-refractivity contribution is -0.429. The van der Waals surface area contributed by atoms with Crippen molar-refractivity contribution in [3.8, 4) is 0 Å². The zero-order chi connectivity index (χ0) is 22.7. The first-order chi connectivity index (χ1) is 14.5. The van der Waals surface area contributed by atoms with Gasteiger partial charge in [-0.25, -0.2) is 0 Å². The molecule has 0 N–H and O–H groups in total. The maximum atomic E-state index is 13.7. The highest BCUT2D eigenvalue weighted by atomic mass is 16.6. The lowest BCUT2D eigenvalue weighted by atomic mass is 9.48. The van der Waals surface area contributed by atoms with Crippen molar-refractivity contribution in [3.63, 3.8) is 0 Å². The Morgan fingerprint density at radius 2 is 1.77 bits per heavy atom. The summed E-state index contributed by atoms with van der Waals surface area (Å²) in [5.74, 6) is 2.26. The number of hydrogen-bond acceptors (Lipinski definition) is 3. The third kappa shape index (κ3) is 3.38. The van der Waals surface area contributed by atoms with Crippen LogP contribution < -0.4 is 0 Å². The summed E-state index contributed by atoms with van der Waals surface area (Å²) < 4.78 is 0. The summed E-state index contributed by atoms with van der Waals surface area (Å²) >= 11 is 0. The minimum atomic E-state index is -0.202. The van der Waals surface area contributed by atoms with E-state index in [0.717, 1.165) is 38.5 Å². The smallest absolute Gasteiger partial charge is 0.246 e. The van der Waals surface area contributed by atoms with Crippen LogP contribution in [0.5, 0.6) is 0 Å². The highest BCUT2D eigenvalue weighted by molar-refractivity contribution is 5.80. The molecule has 5 nitrogen and oxygen atoms in total. The van der Waals surface area contributed by atoms with Crippen LogP contribution in [0, 0.1) is 44.6 Å². The highest BCUT2D eigenvalue weighted by Gasteiger charge is 2.60. The molecule has 0 radical (unpaired) electrons. The van der Waals surface area contributed by atoms with Crippen LogP contribution >= 0.6 is 0 Å². The number of carbonyl (C=O) groups excluding carboxylic acids is 1. The molecule has 31 heavy (non-hydrogen) atoms. The molecular weight excluding hydrogens is 388 g/mol. The van der Waals surface area contributed by atoms with E-state index in [-0.39, 0.29) is 33.8 Å². The summed E-state index contributed by atoms with van der Waals surface area (Å²) in [5, 5.41) is 11.3. The van der Waals surface area contributed by atoms with Crippen molar-refractivity contribution >= 4 is 5.91 Å². The Kier molecular flexibility index (Phi) is 5.63. The lowest BCUT2D eigenvalue weighted by Gasteiger charge is -2.56. The van der Waals surface area contributed by atoms with Crippen molar-refractivity contribution in [3.05, 3.63) is 33.5 Å². The Morgan fingerprint density at radius 3 is 2.39 bits per heavy atom. The Bertz CT molecular complexity index is 821. The maximum absolute atomic E-state index is 13.7. The van der Waals surface area contributed by atoms with Crippen LogP contribution in [0.4, 0.5) is 0 Å². The number of fused-ring (bicyclic) bond motifs is 5. The maximum Gasteiger partial charge on any atom is 0.246 e. The van der Waals surface area contributed by atoms with Gasteiger partial charge < -0.3 is 4.90 Å². The fraction of sp³-hybridized carbons (Fsp3) is 0.808. The third-order valence-electron chi connectivity index (χ3n) is 9.65. The Labute approximate surface area is 187 Å². The van der Waals surface area contributed by atoms with Crippen molar-refractivity contribution in [2.75, 3.05) is 0 Å². The molecule has 2 fully saturated rings. The second-order valence-corrected chi connectivity index (χ2v) is 11.7. The molecule has 0 heterocycles. The number of rotatable bonds is 4. The first-order valence-corrected chi connectivity index (χ1v) is 12.4. The molecular formula is C26H40N2O3. The van der Waals surface area contributed by atoms with Crippen LogP contribution in [0.3, 0.4) is 0 Å². The molecule has 0 aromatic heterocycles. The Hall–Kier alpha value is -1.65. The monoisotopic (exact) mass is 428 g/mol. The molecule has 0 spiro atoms. The third-order valence-corrected chi connectivity index (χ3v) is 9.65. The van der Waals surface area contributed by atoms with Gasteiger partial charge in [0.25, 0.3) is 0 Å². The molecule has 1 amide bonds. The number of allylic oxidation sites excluding steroid dienone is 4. The summed E-state index contributed by atoms with van der Waals surface area (Å²) in [6, 6.07) is 0.464. The van der Waals surface area contributed by atoms with Gasteiger partial charge in [-0.2, -0.15) is 0 Å². The van der Waals surface area contributed by atoms with Gasteiger partial charge in [-0.15, -0.1) is 0 Å². The first-order valence-electron chi connectivity index (χ1n) is 12.4. The normalized spacial score (nSPS) is 39.4. The van der Waals surface area contributed by atoms with Gasteiger partial charge in [-0.05, 0) is 100 Å². The summed E-state index contributed by atoms with van der Waals surface area (Å²) in [5.41, 5.74) is 1.70. The van der Waals surface area contributed by atoms with Crippen LogP contribution in [0.1, 0.15) is 86.5 Å². The molecule has 4 aliphatic carbocycles. The zero-order valence-electron chi connectivity index (χ0n) is 20.2. The van der Waals surface area contributed by atoms with Crippen LogP contribution in [0.15, 0.2) is 23.4 Å². The number of nitro groups is 1. The predicted molar refractivity (Wildman–Crippen MR) is 123 cm³/mol. The number of hydrogen-bond donors (Lipinski definition) is 0. The van der Waals surface area contributed by atoms with Crippen molar-refractivity contribution in [1.29, 1.82) is 0 Å². The molecule has 5 heteroatoms. The van der Waals surface area contributed by atoms with Crippen molar-refractivity contribution in [1.82, 2.24) is 4.90 Å². The lowest BCUT2D eigenvalue weighted by Crippen LogP contribution is -2.53. The average Bonchev–Trinajstić information content (AvgIpc) is 3.03. The molecule has 4 aliphatic rings. The van der Waals surface area contributed by atoms with Crippen molar-refractivity contribution in [2.45, 2.75) is 98.6 Å². The molecule has 0 bridgehead atoms. The molecule has 0 aliphatic heterocycles. The minimum Gasteiger partial charge on any atom is -0.338 e. The van der Waals surface area contributed by atoms with Gasteiger partial charge in [0.05, 0.1) is 4.92 Å². The fourth-order valence-corrected chi connectivity index (χ4v) is 8.15. The summed E-state index contributed by atoms with van der Waals surface area (Å²) in [6.07, 6.45) is 11.0. The highest BCUT2D eigenvalue weighted by Crippen LogP contribution is 2.66. The zero-order valence-corrected chi connectivity index (χ0v) is 20.2. The van der Waals surface area contributed by atoms with Crippen LogP contribution in [-0.4, -0.2) is 27.8 Å². The Morgan fingerprint density at radius 1 is 1.10 bits per heavy atom. The molecule has 0 aromatic rings. The summed E-state index contributed by atoms with van der Waals surface area (Å²) in [6.45, 7) is 13.3. The summed E-state index contributed by atoms with van der Waals surface area (Å²) in [4.78, 5) is 26.9. The second-order valence-electron chi connectivity index (χ2n) is 11.7. The van der Waals surface area contributed by atoms with Gasteiger partial charge in [0, 0.05) is 30.5 Å². The van der Waals surface area contributed by atoms with Crippen LogP contribution in [0.2, 0.25) is 0 Å². The molecule has 0 aromatic carbocycles. The van der Waals surface area contributed by atoms with E-state index in [1.54, 1.807) is 0 Å². The van der Waals surface area contributed by atoms with E-state index in [4.69, 9.17) is 0 Å². The summed E-state index contributed by atoms with van der Waals surface area (Å²) in [7, 11) is 0. The quantitative estimate of drug-likeness (QED) is 0.409. The minimum absolute atomic E-state index is 0.0494. The van der Waals surface area contributed by atoms with Crippen LogP contribution in [0.25, 0.3) is 0 Å². The van der Waals surface area contributed by atoms with Gasteiger partial charge in [0.15, 0.2) is 0 Å².